The van der Waals surface area contributed by atoms with E-state index in [0.29, 0.717) is 11.6 Å². The molecule has 0 spiro atoms. The van der Waals surface area contributed by atoms with Gasteiger partial charge in [-0.3, -0.25) is 9.80 Å². The quantitative estimate of drug-likeness (QED) is 0.806. The van der Waals surface area contributed by atoms with Crippen molar-refractivity contribution in [1.29, 1.82) is 0 Å². The summed E-state index contributed by atoms with van der Waals surface area (Å²) in [5.41, 5.74) is 0.341. The number of likely N-dealkylation sites (N-methyl/N-ethyl adjacent to an activating group) is 2. The summed E-state index contributed by atoms with van der Waals surface area (Å²) >= 11 is 0. The van der Waals surface area contributed by atoms with Crippen molar-refractivity contribution < 1.29 is 0 Å². The maximum atomic E-state index is 3.34. The highest BCUT2D eigenvalue weighted by Crippen LogP contribution is 2.32. The molecule has 100 valence electrons. The van der Waals surface area contributed by atoms with Crippen LogP contribution in [0.15, 0.2) is 0 Å². The Morgan fingerprint density at radius 1 is 1.24 bits per heavy atom. The summed E-state index contributed by atoms with van der Waals surface area (Å²) in [6.07, 6.45) is 5.70. The molecule has 1 saturated carbocycles. The van der Waals surface area contributed by atoms with Gasteiger partial charge >= 0.3 is 0 Å². The van der Waals surface area contributed by atoms with Crippen LogP contribution in [0.2, 0.25) is 0 Å². The van der Waals surface area contributed by atoms with E-state index < -0.39 is 0 Å². The molecule has 0 aromatic heterocycles. The summed E-state index contributed by atoms with van der Waals surface area (Å²) < 4.78 is 0. The van der Waals surface area contributed by atoms with Gasteiger partial charge in [0.15, 0.2) is 0 Å². The van der Waals surface area contributed by atoms with Gasteiger partial charge in [0.1, 0.15) is 0 Å². The number of hydrogen-bond acceptors (Lipinski definition) is 3. The van der Waals surface area contributed by atoms with E-state index in [4.69, 9.17) is 0 Å². The summed E-state index contributed by atoms with van der Waals surface area (Å²) in [6.45, 7) is 8.36. The molecule has 0 aromatic rings. The molecule has 2 fully saturated rings. The molecule has 0 aromatic carbocycles. The molecule has 3 nitrogen and oxygen atoms in total. The highest BCUT2D eigenvalue weighted by atomic mass is 15.3. The second-order valence-electron chi connectivity index (χ2n) is 6.53. The Hall–Kier alpha value is -0.120. The van der Waals surface area contributed by atoms with Gasteiger partial charge < -0.3 is 5.32 Å². The largest absolute Gasteiger partial charge is 0.318 e. The maximum absolute atomic E-state index is 3.34. The van der Waals surface area contributed by atoms with Crippen LogP contribution in [0.3, 0.4) is 0 Å². The molecule has 3 heteroatoms. The lowest BCUT2D eigenvalue weighted by molar-refractivity contribution is -0.0303. The molecule has 1 unspecified atom stereocenters. The fourth-order valence-electron chi connectivity index (χ4n) is 3.76. The molecule has 1 aliphatic heterocycles. The summed E-state index contributed by atoms with van der Waals surface area (Å²) in [5.74, 6) is 0. The molecule has 2 rings (SSSR count). The Bertz CT molecular complexity index is 246. The van der Waals surface area contributed by atoms with Crippen molar-refractivity contribution in [1.82, 2.24) is 15.1 Å². The van der Waals surface area contributed by atoms with Crippen LogP contribution in [0.5, 0.6) is 0 Å². The molecule has 17 heavy (non-hydrogen) atoms. The van der Waals surface area contributed by atoms with Crippen molar-refractivity contribution in [3.63, 3.8) is 0 Å². The van der Waals surface area contributed by atoms with Crippen LogP contribution in [-0.2, 0) is 0 Å². The van der Waals surface area contributed by atoms with Crippen molar-refractivity contribution in [2.24, 2.45) is 0 Å². The Balaban J connectivity index is 2.06. The van der Waals surface area contributed by atoms with Crippen molar-refractivity contribution in [3.8, 4) is 0 Å². The predicted molar refractivity (Wildman–Crippen MR) is 73.4 cm³/mol. The number of piperazine rings is 1. The van der Waals surface area contributed by atoms with Gasteiger partial charge in [-0.15, -0.1) is 0 Å². The number of nitrogens with zero attached hydrogens (tertiary/aromatic N) is 2. The standard InChI is InChI=1S/C14H29N3/c1-14(2)11-16(4)13(9-15-3)10-17(14)12-7-5-6-8-12/h12-13,15H,5-11H2,1-4H3. The molecule has 1 saturated heterocycles. The fraction of sp³-hybridized carbons (Fsp3) is 1.00. The lowest BCUT2D eigenvalue weighted by Crippen LogP contribution is -2.65. The minimum Gasteiger partial charge on any atom is -0.318 e. The topological polar surface area (TPSA) is 18.5 Å². The lowest BCUT2D eigenvalue weighted by Gasteiger charge is -2.52. The van der Waals surface area contributed by atoms with Gasteiger partial charge in [0, 0.05) is 37.3 Å². The average Bonchev–Trinajstić information content (AvgIpc) is 2.74. The number of rotatable bonds is 3. The fourth-order valence-corrected chi connectivity index (χ4v) is 3.76. The molecule has 0 radical (unpaired) electrons. The van der Waals surface area contributed by atoms with Crippen molar-refractivity contribution >= 4 is 0 Å². The third-order valence-corrected chi connectivity index (χ3v) is 4.65. The smallest absolute Gasteiger partial charge is 0.0345 e. The van der Waals surface area contributed by atoms with Crippen LogP contribution >= 0.6 is 0 Å². The van der Waals surface area contributed by atoms with E-state index in [1.165, 1.54) is 38.8 Å². The van der Waals surface area contributed by atoms with E-state index in [0.717, 1.165) is 12.6 Å². The third kappa shape index (κ3) is 2.83. The van der Waals surface area contributed by atoms with Crippen LogP contribution in [0.25, 0.3) is 0 Å². The Labute approximate surface area is 107 Å². The Kier molecular flexibility index (Phi) is 4.11. The average molecular weight is 239 g/mol. The molecule has 1 heterocycles. The Morgan fingerprint density at radius 3 is 2.47 bits per heavy atom. The minimum absolute atomic E-state index is 0.341. The van der Waals surface area contributed by atoms with E-state index >= 15 is 0 Å². The van der Waals surface area contributed by atoms with E-state index in [-0.39, 0.29) is 0 Å². The first-order chi connectivity index (χ1) is 8.04. The van der Waals surface area contributed by atoms with Crippen molar-refractivity contribution in [2.45, 2.75) is 57.2 Å². The lowest BCUT2D eigenvalue weighted by atomic mass is 9.93. The zero-order valence-electron chi connectivity index (χ0n) is 12.0. The first-order valence-corrected chi connectivity index (χ1v) is 7.16. The van der Waals surface area contributed by atoms with Gasteiger partial charge in [-0.2, -0.15) is 0 Å². The predicted octanol–water partition coefficient (Wildman–Crippen LogP) is 1.54. The maximum Gasteiger partial charge on any atom is 0.0345 e. The first kappa shape index (κ1) is 13.3. The molecular weight excluding hydrogens is 210 g/mol. The summed E-state index contributed by atoms with van der Waals surface area (Å²) in [4.78, 5) is 5.32. The normalized spacial score (nSPS) is 32.1. The van der Waals surface area contributed by atoms with Crippen molar-refractivity contribution in [3.05, 3.63) is 0 Å². The van der Waals surface area contributed by atoms with Gasteiger partial charge in [0.2, 0.25) is 0 Å². The first-order valence-electron chi connectivity index (χ1n) is 7.16. The van der Waals surface area contributed by atoms with Gasteiger partial charge in [-0.05, 0) is 40.8 Å². The van der Waals surface area contributed by atoms with E-state index in [9.17, 15) is 0 Å². The zero-order valence-corrected chi connectivity index (χ0v) is 12.0. The monoisotopic (exact) mass is 239 g/mol. The number of nitrogens with one attached hydrogen (secondary N) is 1. The van der Waals surface area contributed by atoms with Gasteiger partial charge in [0.25, 0.3) is 0 Å². The van der Waals surface area contributed by atoms with E-state index in [2.05, 4.69) is 43.1 Å². The second kappa shape index (κ2) is 5.25. The van der Waals surface area contributed by atoms with E-state index in [1.54, 1.807) is 0 Å². The summed E-state index contributed by atoms with van der Waals surface area (Å²) in [6, 6.07) is 1.52. The minimum atomic E-state index is 0.341. The van der Waals surface area contributed by atoms with Crippen LogP contribution < -0.4 is 5.32 Å². The van der Waals surface area contributed by atoms with Crippen LogP contribution in [0.4, 0.5) is 0 Å². The zero-order chi connectivity index (χ0) is 12.5. The van der Waals surface area contributed by atoms with Gasteiger partial charge in [0.05, 0.1) is 0 Å². The van der Waals surface area contributed by atoms with E-state index in [1.807, 2.05) is 0 Å². The number of hydrogen-bond donors (Lipinski definition) is 1. The third-order valence-electron chi connectivity index (χ3n) is 4.65. The van der Waals surface area contributed by atoms with Crippen LogP contribution in [0.1, 0.15) is 39.5 Å². The van der Waals surface area contributed by atoms with Crippen LogP contribution in [0, 0.1) is 0 Å². The van der Waals surface area contributed by atoms with Gasteiger partial charge in [-0.25, -0.2) is 0 Å². The highest BCUT2D eigenvalue weighted by Gasteiger charge is 2.40. The molecular formula is C14H29N3. The molecule has 1 N–H and O–H groups in total. The highest BCUT2D eigenvalue weighted by molar-refractivity contribution is 4.98. The Morgan fingerprint density at radius 2 is 1.88 bits per heavy atom. The van der Waals surface area contributed by atoms with Crippen molar-refractivity contribution in [2.75, 3.05) is 33.7 Å². The van der Waals surface area contributed by atoms with Gasteiger partial charge in [-0.1, -0.05) is 12.8 Å². The molecule has 0 amide bonds. The molecule has 2 aliphatic rings. The summed E-state index contributed by atoms with van der Waals surface area (Å²) in [5, 5.41) is 3.34. The molecule has 1 atom stereocenters. The summed E-state index contributed by atoms with van der Waals surface area (Å²) in [7, 11) is 4.34. The molecule has 0 bridgehead atoms. The second-order valence-corrected chi connectivity index (χ2v) is 6.53. The SMILES string of the molecule is CNCC1CN(C2CCCC2)C(C)(C)CN1C. The molecule has 1 aliphatic carbocycles. The van der Waals surface area contributed by atoms with Crippen LogP contribution in [-0.4, -0.2) is 61.2 Å².